The minimum Gasteiger partial charge on any atom is -0.326 e. The third kappa shape index (κ3) is 2.93. The second-order valence-corrected chi connectivity index (χ2v) is 6.47. The molecule has 112 valence electrons. The zero-order valence-corrected chi connectivity index (χ0v) is 12.5. The van der Waals surface area contributed by atoms with Gasteiger partial charge < -0.3 is 5.73 Å². The van der Waals surface area contributed by atoms with Crippen LogP contribution in [0.3, 0.4) is 0 Å². The summed E-state index contributed by atoms with van der Waals surface area (Å²) in [4.78, 5) is 10.1. The third-order valence-electron chi connectivity index (χ3n) is 3.17. The van der Waals surface area contributed by atoms with Crippen LogP contribution < -0.4 is 5.73 Å². The number of sulfonamides is 1. The van der Waals surface area contributed by atoms with Crippen molar-refractivity contribution in [1.82, 2.24) is 4.31 Å². The lowest BCUT2D eigenvalue weighted by molar-refractivity contribution is -0.387. The van der Waals surface area contributed by atoms with Crippen LogP contribution in [0.1, 0.15) is 12.0 Å². The van der Waals surface area contributed by atoms with Gasteiger partial charge in [-0.3, -0.25) is 10.1 Å². The van der Waals surface area contributed by atoms with Gasteiger partial charge in [0.15, 0.2) is 4.90 Å². The fourth-order valence-corrected chi connectivity index (χ4v) is 4.09. The Hall–Kier alpha value is -1.22. The Labute approximate surface area is 123 Å². The number of nitro benzene ring substituents is 1. The molecule has 1 aliphatic heterocycles. The topological polar surface area (TPSA) is 107 Å². The molecule has 0 aliphatic carbocycles. The van der Waals surface area contributed by atoms with E-state index in [2.05, 4.69) is 0 Å². The first kappa shape index (κ1) is 16.8. The number of hydrogen-bond donors (Lipinski definition) is 1. The Balaban J connectivity index is 0.00000200. The lowest BCUT2D eigenvalue weighted by Crippen LogP contribution is -2.32. The van der Waals surface area contributed by atoms with E-state index in [4.69, 9.17) is 5.73 Å². The molecule has 1 fully saturated rings. The summed E-state index contributed by atoms with van der Waals surface area (Å²) in [6.07, 6.45) is 0.568. The Morgan fingerprint density at radius 1 is 1.45 bits per heavy atom. The van der Waals surface area contributed by atoms with Gasteiger partial charge in [0.05, 0.1) is 4.92 Å². The van der Waals surface area contributed by atoms with Gasteiger partial charge in [-0.25, -0.2) is 8.42 Å². The van der Waals surface area contributed by atoms with Gasteiger partial charge in [0.1, 0.15) is 0 Å². The van der Waals surface area contributed by atoms with E-state index < -0.39 is 14.9 Å². The lowest BCUT2D eigenvalue weighted by Gasteiger charge is -2.17. The molecule has 7 nitrogen and oxygen atoms in total. The highest BCUT2D eigenvalue weighted by Gasteiger charge is 2.36. The van der Waals surface area contributed by atoms with Gasteiger partial charge >= 0.3 is 0 Å². The Bertz CT molecular complexity index is 620. The van der Waals surface area contributed by atoms with Gasteiger partial charge in [-0.15, -0.1) is 12.4 Å². The SMILES string of the molecule is Cc1cccc([N+](=O)[O-])c1S(=O)(=O)N1CC[C@@H](N)C1.Cl. The second-order valence-electron chi connectivity index (χ2n) is 4.59. The minimum atomic E-state index is -3.87. The van der Waals surface area contributed by atoms with E-state index in [9.17, 15) is 18.5 Å². The van der Waals surface area contributed by atoms with E-state index in [1.165, 1.54) is 16.4 Å². The van der Waals surface area contributed by atoms with E-state index >= 15 is 0 Å². The first-order valence-corrected chi connectivity index (χ1v) is 7.28. The molecule has 1 aromatic carbocycles. The first-order chi connectivity index (χ1) is 8.84. The fourth-order valence-electron chi connectivity index (χ4n) is 2.22. The summed E-state index contributed by atoms with van der Waals surface area (Å²) in [5, 5.41) is 11.0. The molecule has 0 aromatic heterocycles. The maximum atomic E-state index is 12.5. The number of rotatable bonds is 3. The van der Waals surface area contributed by atoms with Gasteiger partial charge in [-0.05, 0) is 18.9 Å². The molecule has 1 aliphatic rings. The van der Waals surface area contributed by atoms with Crippen LogP contribution in [0.4, 0.5) is 5.69 Å². The molecule has 1 atom stereocenters. The lowest BCUT2D eigenvalue weighted by atomic mass is 10.2. The molecule has 0 unspecified atom stereocenters. The average Bonchev–Trinajstić information content (AvgIpc) is 2.75. The van der Waals surface area contributed by atoms with Crippen LogP contribution in [0.15, 0.2) is 23.1 Å². The third-order valence-corrected chi connectivity index (χ3v) is 5.23. The summed E-state index contributed by atoms with van der Waals surface area (Å²) in [6.45, 7) is 2.05. The molecule has 20 heavy (non-hydrogen) atoms. The predicted molar refractivity (Wildman–Crippen MR) is 76.4 cm³/mol. The van der Waals surface area contributed by atoms with Crippen molar-refractivity contribution < 1.29 is 13.3 Å². The molecule has 1 saturated heterocycles. The van der Waals surface area contributed by atoms with Crippen LogP contribution in [0.2, 0.25) is 0 Å². The molecule has 1 heterocycles. The molecular formula is C11H16ClN3O4S. The van der Waals surface area contributed by atoms with Crippen molar-refractivity contribution in [1.29, 1.82) is 0 Å². The van der Waals surface area contributed by atoms with Crippen LogP contribution in [0.5, 0.6) is 0 Å². The van der Waals surface area contributed by atoms with Gasteiger partial charge in [0.2, 0.25) is 10.0 Å². The van der Waals surface area contributed by atoms with E-state index in [0.717, 1.165) is 0 Å². The zero-order valence-electron chi connectivity index (χ0n) is 10.9. The molecule has 0 radical (unpaired) electrons. The first-order valence-electron chi connectivity index (χ1n) is 5.84. The highest BCUT2D eigenvalue weighted by molar-refractivity contribution is 7.89. The van der Waals surface area contributed by atoms with E-state index in [-0.39, 0.29) is 35.6 Å². The maximum absolute atomic E-state index is 12.5. The summed E-state index contributed by atoms with van der Waals surface area (Å²) >= 11 is 0. The molecule has 0 bridgehead atoms. The zero-order chi connectivity index (χ0) is 14.2. The largest absolute Gasteiger partial charge is 0.326 e. The van der Waals surface area contributed by atoms with Crippen LogP contribution in [-0.2, 0) is 10.0 Å². The van der Waals surface area contributed by atoms with Gasteiger partial charge in [0, 0.05) is 25.2 Å². The van der Waals surface area contributed by atoms with Crippen molar-refractivity contribution in [2.24, 2.45) is 5.73 Å². The van der Waals surface area contributed by atoms with Crippen LogP contribution in [0, 0.1) is 17.0 Å². The van der Waals surface area contributed by atoms with Crippen molar-refractivity contribution in [3.8, 4) is 0 Å². The second kappa shape index (κ2) is 6.04. The number of benzene rings is 1. The number of aryl methyl sites for hydroxylation is 1. The van der Waals surface area contributed by atoms with Crippen LogP contribution >= 0.6 is 12.4 Å². The standard InChI is InChI=1S/C11H15N3O4S.ClH/c1-8-3-2-4-10(14(15)16)11(8)19(17,18)13-6-5-9(12)7-13;/h2-4,9H,5-7,12H2,1H3;1H/t9-;/m1./s1. The monoisotopic (exact) mass is 321 g/mol. The van der Waals surface area contributed by atoms with Crippen molar-refractivity contribution in [3.05, 3.63) is 33.9 Å². The molecular weight excluding hydrogens is 306 g/mol. The van der Waals surface area contributed by atoms with Crippen molar-refractivity contribution in [3.63, 3.8) is 0 Å². The highest BCUT2D eigenvalue weighted by Crippen LogP contribution is 2.31. The fraction of sp³-hybridized carbons (Fsp3) is 0.455. The van der Waals surface area contributed by atoms with Crippen molar-refractivity contribution in [2.45, 2.75) is 24.3 Å². The highest BCUT2D eigenvalue weighted by atomic mass is 35.5. The molecule has 0 amide bonds. The summed E-state index contributed by atoms with van der Waals surface area (Å²) in [6, 6.07) is 4.02. The van der Waals surface area contributed by atoms with Crippen LogP contribution in [0.25, 0.3) is 0 Å². The normalized spacial score (nSPS) is 19.6. The number of hydrogen-bond acceptors (Lipinski definition) is 5. The Morgan fingerprint density at radius 2 is 2.10 bits per heavy atom. The quantitative estimate of drug-likeness (QED) is 0.661. The average molecular weight is 322 g/mol. The van der Waals surface area contributed by atoms with E-state index in [1.54, 1.807) is 13.0 Å². The molecule has 1 aromatic rings. The number of halogens is 1. The van der Waals surface area contributed by atoms with Crippen LogP contribution in [-0.4, -0.2) is 36.8 Å². The molecule has 2 rings (SSSR count). The minimum absolute atomic E-state index is 0. The number of nitrogens with two attached hydrogens (primary N) is 1. The Kier molecular flexibility index (Phi) is 5.09. The molecule has 9 heteroatoms. The van der Waals surface area contributed by atoms with Crippen molar-refractivity contribution in [2.75, 3.05) is 13.1 Å². The number of nitrogens with zero attached hydrogens (tertiary/aromatic N) is 2. The van der Waals surface area contributed by atoms with Gasteiger partial charge in [0.25, 0.3) is 5.69 Å². The maximum Gasteiger partial charge on any atom is 0.289 e. The van der Waals surface area contributed by atoms with E-state index in [0.29, 0.717) is 18.5 Å². The van der Waals surface area contributed by atoms with Gasteiger partial charge in [-0.2, -0.15) is 4.31 Å². The summed E-state index contributed by atoms with van der Waals surface area (Å²) in [5.41, 5.74) is 5.68. The number of nitro groups is 1. The Morgan fingerprint density at radius 3 is 2.60 bits per heavy atom. The van der Waals surface area contributed by atoms with E-state index in [1.807, 2.05) is 0 Å². The summed E-state index contributed by atoms with van der Waals surface area (Å²) in [7, 11) is -3.87. The van der Waals surface area contributed by atoms with Crippen molar-refractivity contribution >= 4 is 28.1 Å². The molecule has 0 saturated carbocycles. The summed E-state index contributed by atoms with van der Waals surface area (Å²) in [5.74, 6) is 0. The summed E-state index contributed by atoms with van der Waals surface area (Å²) < 4.78 is 26.2. The smallest absolute Gasteiger partial charge is 0.289 e. The van der Waals surface area contributed by atoms with Gasteiger partial charge in [-0.1, -0.05) is 12.1 Å². The predicted octanol–water partition coefficient (Wildman–Crippen LogP) is 1.05. The molecule has 0 spiro atoms. The molecule has 2 N–H and O–H groups in total.